The Balaban J connectivity index is 1.73. The molecule has 0 radical (unpaired) electrons. The molecule has 0 aromatic rings. The molecule has 1 saturated heterocycles. The van der Waals surface area contributed by atoms with Crippen LogP contribution in [0.2, 0.25) is 0 Å². The summed E-state index contributed by atoms with van der Waals surface area (Å²) in [5.74, 6) is -0.311. The number of aliphatic hydroxyl groups is 4. The second-order valence-corrected chi connectivity index (χ2v) is 7.22. The number of aliphatic hydroxyl groups excluding tert-OH is 4. The van der Waals surface area contributed by atoms with Crippen molar-refractivity contribution in [2.45, 2.75) is 62.8 Å². The van der Waals surface area contributed by atoms with E-state index in [1.807, 2.05) is 12.2 Å². The number of ketones is 1. The number of carbonyl (C=O) groups is 2. The van der Waals surface area contributed by atoms with Gasteiger partial charge in [0.25, 0.3) is 0 Å². The third-order valence-corrected chi connectivity index (χ3v) is 5.37. The number of esters is 1. The van der Waals surface area contributed by atoms with Crippen molar-refractivity contribution in [2.75, 3.05) is 20.3 Å². The number of rotatable bonds is 9. The standard InChI is InChI=1S/C19H30O9/c1-26-15(22)9-11-6-7-13(21)12(11)5-3-2-4-8-27-19-18(25)17(24)16(23)14(10-20)28-19/h2-3,11-12,14,16-20,23-25H,4-10H2,1H3/b3-2-/t11-,12-,14-,16-,17+,18+,19-/m1/s1. The van der Waals surface area contributed by atoms with Crippen molar-refractivity contribution < 1.29 is 44.2 Å². The van der Waals surface area contributed by atoms with E-state index in [4.69, 9.17) is 14.6 Å². The van der Waals surface area contributed by atoms with Crippen molar-refractivity contribution >= 4 is 11.8 Å². The van der Waals surface area contributed by atoms with Gasteiger partial charge in [-0.15, -0.1) is 0 Å². The maximum atomic E-state index is 12.0. The lowest BCUT2D eigenvalue weighted by Crippen LogP contribution is -2.59. The third kappa shape index (κ3) is 5.82. The Bertz CT molecular complexity index is 548. The van der Waals surface area contributed by atoms with Crippen molar-refractivity contribution in [2.24, 2.45) is 11.8 Å². The molecule has 0 bridgehead atoms. The number of carbonyl (C=O) groups excluding carboxylic acids is 2. The Hall–Kier alpha value is -1.36. The molecule has 0 unspecified atom stereocenters. The molecule has 7 atom stereocenters. The van der Waals surface area contributed by atoms with Gasteiger partial charge in [0.2, 0.25) is 0 Å². The molecule has 0 aromatic carbocycles. The number of allylic oxidation sites excluding steroid dienone is 1. The fraction of sp³-hybridized carbons (Fsp3) is 0.789. The highest BCUT2D eigenvalue weighted by Crippen LogP contribution is 2.34. The SMILES string of the molecule is COC(=O)C[C@H]1CCC(=O)[C@@H]1C/C=C\CCO[C@@H]1O[C@H](CO)[C@@H](O)[C@H](O)[C@@H]1O. The van der Waals surface area contributed by atoms with E-state index in [1.54, 1.807) is 0 Å². The lowest BCUT2D eigenvalue weighted by molar-refractivity contribution is -0.300. The number of Topliss-reactive ketones (excluding diaryl/α,β-unsaturated/α-hetero) is 1. The van der Waals surface area contributed by atoms with Crippen LogP contribution < -0.4 is 0 Å². The minimum atomic E-state index is -1.47. The maximum absolute atomic E-state index is 12.0. The average molecular weight is 402 g/mol. The average Bonchev–Trinajstić information content (AvgIpc) is 3.03. The zero-order valence-corrected chi connectivity index (χ0v) is 16.0. The highest BCUT2D eigenvalue weighted by Gasteiger charge is 2.43. The molecule has 9 nitrogen and oxygen atoms in total. The molecule has 2 rings (SSSR count). The summed E-state index contributed by atoms with van der Waals surface area (Å²) < 4.78 is 15.3. The minimum Gasteiger partial charge on any atom is -0.469 e. The zero-order chi connectivity index (χ0) is 20.7. The Labute approximate surface area is 163 Å². The first-order valence-electron chi connectivity index (χ1n) is 9.55. The summed E-state index contributed by atoms with van der Waals surface area (Å²) >= 11 is 0. The quantitative estimate of drug-likeness (QED) is 0.224. The number of ether oxygens (including phenoxy) is 3. The van der Waals surface area contributed by atoms with Crippen molar-refractivity contribution in [3.8, 4) is 0 Å². The smallest absolute Gasteiger partial charge is 0.305 e. The van der Waals surface area contributed by atoms with Gasteiger partial charge in [0.1, 0.15) is 30.2 Å². The molecule has 0 spiro atoms. The van der Waals surface area contributed by atoms with Crippen LogP contribution in [0.4, 0.5) is 0 Å². The van der Waals surface area contributed by atoms with Crippen LogP contribution in [-0.4, -0.2) is 83.2 Å². The molecule has 2 aliphatic rings. The van der Waals surface area contributed by atoms with E-state index in [1.165, 1.54) is 7.11 Å². The van der Waals surface area contributed by atoms with Crippen molar-refractivity contribution in [1.29, 1.82) is 0 Å². The fourth-order valence-corrected chi connectivity index (χ4v) is 3.66. The maximum Gasteiger partial charge on any atom is 0.305 e. The first-order chi connectivity index (χ1) is 13.4. The van der Waals surface area contributed by atoms with Crippen LogP contribution in [0.15, 0.2) is 12.2 Å². The Morgan fingerprint density at radius 3 is 2.64 bits per heavy atom. The molecule has 4 N–H and O–H groups in total. The molecule has 9 heteroatoms. The molecule has 28 heavy (non-hydrogen) atoms. The normalized spacial score (nSPS) is 36.2. The van der Waals surface area contributed by atoms with Gasteiger partial charge in [-0.3, -0.25) is 9.59 Å². The molecule has 0 aromatic heterocycles. The van der Waals surface area contributed by atoms with Crippen LogP contribution in [0.5, 0.6) is 0 Å². The van der Waals surface area contributed by atoms with E-state index >= 15 is 0 Å². The first kappa shape index (κ1) is 22.9. The molecule has 0 amide bonds. The number of hydrogen-bond acceptors (Lipinski definition) is 9. The molecular weight excluding hydrogens is 372 g/mol. The van der Waals surface area contributed by atoms with Gasteiger partial charge in [-0.25, -0.2) is 0 Å². The zero-order valence-electron chi connectivity index (χ0n) is 16.0. The van der Waals surface area contributed by atoms with Gasteiger partial charge in [0.05, 0.1) is 20.3 Å². The van der Waals surface area contributed by atoms with E-state index in [0.29, 0.717) is 25.7 Å². The van der Waals surface area contributed by atoms with Gasteiger partial charge in [-0.05, 0) is 25.2 Å². The van der Waals surface area contributed by atoms with Crippen molar-refractivity contribution in [3.63, 3.8) is 0 Å². The van der Waals surface area contributed by atoms with Crippen LogP contribution in [0.3, 0.4) is 0 Å². The van der Waals surface area contributed by atoms with Gasteiger partial charge in [-0.1, -0.05) is 12.2 Å². The highest BCUT2D eigenvalue weighted by atomic mass is 16.7. The summed E-state index contributed by atoms with van der Waals surface area (Å²) in [6.07, 6.45) is -0.278. The molecule has 1 heterocycles. The lowest BCUT2D eigenvalue weighted by atomic mass is 9.89. The molecule has 1 aliphatic heterocycles. The Kier molecular flexibility index (Phi) is 9.00. The Morgan fingerprint density at radius 2 is 1.96 bits per heavy atom. The topological polar surface area (TPSA) is 143 Å². The summed E-state index contributed by atoms with van der Waals surface area (Å²) in [6, 6.07) is 0. The monoisotopic (exact) mass is 402 g/mol. The van der Waals surface area contributed by atoms with Gasteiger partial charge in [-0.2, -0.15) is 0 Å². The highest BCUT2D eigenvalue weighted by molar-refractivity contribution is 5.84. The first-order valence-corrected chi connectivity index (χ1v) is 9.55. The van der Waals surface area contributed by atoms with E-state index < -0.39 is 37.3 Å². The van der Waals surface area contributed by atoms with Crippen LogP contribution >= 0.6 is 0 Å². The third-order valence-electron chi connectivity index (χ3n) is 5.37. The van der Waals surface area contributed by atoms with Gasteiger partial charge in [0.15, 0.2) is 6.29 Å². The number of hydrogen-bond donors (Lipinski definition) is 4. The van der Waals surface area contributed by atoms with E-state index in [0.717, 1.165) is 0 Å². The van der Waals surface area contributed by atoms with Crippen LogP contribution in [0.1, 0.15) is 32.1 Å². The summed E-state index contributed by atoms with van der Waals surface area (Å²) in [5.41, 5.74) is 0. The van der Waals surface area contributed by atoms with Gasteiger partial charge < -0.3 is 34.6 Å². The molecule has 2 fully saturated rings. The Morgan fingerprint density at radius 1 is 1.21 bits per heavy atom. The summed E-state index contributed by atoms with van der Waals surface area (Å²) in [6.45, 7) is -0.323. The molecular formula is C19H30O9. The molecule has 160 valence electrons. The predicted molar refractivity (Wildman–Crippen MR) is 95.9 cm³/mol. The van der Waals surface area contributed by atoms with E-state index in [2.05, 4.69) is 4.74 Å². The summed E-state index contributed by atoms with van der Waals surface area (Å²) in [4.78, 5) is 23.5. The van der Waals surface area contributed by atoms with Crippen LogP contribution in [0, 0.1) is 11.8 Å². The largest absolute Gasteiger partial charge is 0.469 e. The second kappa shape index (κ2) is 11.0. The minimum absolute atomic E-state index is 0.00923. The fourth-order valence-electron chi connectivity index (χ4n) is 3.66. The lowest BCUT2D eigenvalue weighted by Gasteiger charge is -2.39. The van der Waals surface area contributed by atoms with Crippen molar-refractivity contribution in [1.82, 2.24) is 0 Å². The van der Waals surface area contributed by atoms with Crippen LogP contribution in [0.25, 0.3) is 0 Å². The molecule has 1 aliphatic carbocycles. The van der Waals surface area contributed by atoms with E-state index in [9.17, 15) is 24.9 Å². The van der Waals surface area contributed by atoms with Crippen LogP contribution in [-0.2, 0) is 23.8 Å². The van der Waals surface area contributed by atoms with E-state index in [-0.39, 0.29) is 36.6 Å². The van der Waals surface area contributed by atoms with Gasteiger partial charge >= 0.3 is 5.97 Å². The summed E-state index contributed by atoms with van der Waals surface area (Å²) in [5, 5.41) is 38.5. The van der Waals surface area contributed by atoms with Gasteiger partial charge in [0, 0.05) is 18.8 Å². The molecule has 1 saturated carbocycles. The second-order valence-electron chi connectivity index (χ2n) is 7.22. The summed E-state index contributed by atoms with van der Waals surface area (Å²) in [7, 11) is 1.34. The number of methoxy groups -OCH3 is 1. The van der Waals surface area contributed by atoms with Crippen molar-refractivity contribution in [3.05, 3.63) is 12.2 Å². The predicted octanol–water partition coefficient (Wildman–Crippen LogP) is -0.702.